The SMILES string of the molecule is N#Cc1c(-c2ccccc2)cc(-c2ccccc2)c(C#N)c1-n1c2ccc(-c3ccccc3)cc2c2cc(-c3ccccc3)ccc21. The van der Waals surface area contributed by atoms with E-state index in [1.165, 1.54) is 0 Å². The predicted molar refractivity (Wildman–Crippen MR) is 192 cm³/mol. The molecule has 0 N–H and O–H groups in total. The minimum Gasteiger partial charge on any atom is -0.307 e. The lowest BCUT2D eigenvalue weighted by Gasteiger charge is -2.19. The quantitative estimate of drug-likeness (QED) is 0.198. The summed E-state index contributed by atoms with van der Waals surface area (Å²) >= 11 is 0. The Morgan fingerprint density at radius 3 is 1.09 bits per heavy atom. The Labute approximate surface area is 273 Å². The zero-order valence-electron chi connectivity index (χ0n) is 25.4. The second-order valence-corrected chi connectivity index (χ2v) is 11.6. The summed E-state index contributed by atoms with van der Waals surface area (Å²) in [6, 6.07) is 60.7. The minimum absolute atomic E-state index is 0.463. The number of hydrogen-bond donors (Lipinski definition) is 0. The van der Waals surface area contributed by atoms with Crippen molar-refractivity contribution in [3.63, 3.8) is 0 Å². The summed E-state index contributed by atoms with van der Waals surface area (Å²) in [5.41, 5.74) is 11.3. The van der Waals surface area contributed by atoms with Crippen molar-refractivity contribution in [3.8, 4) is 62.3 Å². The standard InChI is InChI=1S/C44H27N3/c45-28-40-36(32-17-9-3-10-18-32)27-37(33-19-11-4-12-20-33)41(29-46)44(40)47-42-23-21-34(30-13-5-1-6-14-30)25-38(42)39-26-35(22-24-43(39)47)31-15-7-2-8-16-31/h1-27H. The van der Waals surface area contributed by atoms with Crippen LogP contribution in [0.15, 0.2) is 164 Å². The van der Waals surface area contributed by atoms with Gasteiger partial charge in [0.15, 0.2) is 0 Å². The number of nitriles is 2. The molecule has 8 rings (SSSR count). The molecule has 0 spiro atoms. The van der Waals surface area contributed by atoms with Gasteiger partial charge in [0, 0.05) is 21.9 Å². The first-order valence-electron chi connectivity index (χ1n) is 15.6. The normalized spacial score (nSPS) is 10.9. The lowest BCUT2D eigenvalue weighted by Crippen LogP contribution is -2.05. The van der Waals surface area contributed by atoms with Crippen LogP contribution in [0.3, 0.4) is 0 Å². The van der Waals surface area contributed by atoms with E-state index < -0.39 is 0 Å². The first-order chi connectivity index (χ1) is 23.2. The molecule has 8 aromatic rings. The fourth-order valence-corrected chi connectivity index (χ4v) is 6.69. The highest BCUT2D eigenvalue weighted by atomic mass is 15.0. The monoisotopic (exact) mass is 597 g/mol. The molecule has 0 aliphatic heterocycles. The molecular weight excluding hydrogens is 571 g/mol. The van der Waals surface area contributed by atoms with E-state index in [2.05, 4.69) is 102 Å². The second-order valence-electron chi connectivity index (χ2n) is 11.6. The maximum Gasteiger partial charge on any atom is 0.102 e. The number of nitrogens with zero attached hydrogens (tertiary/aromatic N) is 3. The van der Waals surface area contributed by atoms with Crippen LogP contribution in [0.25, 0.3) is 72.0 Å². The third kappa shape index (κ3) is 4.75. The molecule has 1 heterocycles. The number of rotatable bonds is 5. The Morgan fingerprint density at radius 2 is 0.723 bits per heavy atom. The zero-order valence-corrected chi connectivity index (χ0v) is 25.4. The first-order valence-corrected chi connectivity index (χ1v) is 15.6. The van der Waals surface area contributed by atoms with Crippen molar-refractivity contribution in [1.29, 1.82) is 10.5 Å². The van der Waals surface area contributed by atoms with Crippen LogP contribution in [-0.2, 0) is 0 Å². The van der Waals surface area contributed by atoms with Gasteiger partial charge in [-0.15, -0.1) is 0 Å². The molecule has 0 atom stereocenters. The molecule has 3 nitrogen and oxygen atoms in total. The highest BCUT2D eigenvalue weighted by Crippen LogP contribution is 2.43. The molecule has 0 aliphatic rings. The zero-order chi connectivity index (χ0) is 31.7. The molecule has 0 fully saturated rings. The van der Waals surface area contributed by atoms with E-state index in [1.807, 2.05) is 78.9 Å². The predicted octanol–water partition coefficient (Wildman–Crippen LogP) is 11.2. The maximum atomic E-state index is 10.9. The highest BCUT2D eigenvalue weighted by Gasteiger charge is 2.25. The van der Waals surface area contributed by atoms with Gasteiger partial charge in [-0.3, -0.25) is 0 Å². The number of benzene rings is 7. The molecule has 0 aliphatic carbocycles. The minimum atomic E-state index is 0.463. The summed E-state index contributed by atoms with van der Waals surface area (Å²) in [4.78, 5) is 0. The molecule has 1 aromatic heterocycles. The van der Waals surface area contributed by atoms with E-state index in [4.69, 9.17) is 0 Å². The van der Waals surface area contributed by atoms with Gasteiger partial charge < -0.3 is 4.57 Å². The smallest absolute Gasteiger partial charge is 0.102 e. The van der Waals surface area contributed by atoms with Gasteiger partial charge in [-0.1, -0.05) is 133 Å². The Kier molecular flexibility index (Phi) is 6.92. The Balaban J connectivity index is 1.53. The maximum absolute atomic E-state index is 10.9. The molecule has 0 saturated carbocycles. The fraction of sp³-hybridized carbons (Fsp3) is 0. The molecule has 3 heteroatoms. The third-order valence-electron chi connectivity index (χ3n) is 8.90. The van der Waals surface area contributed by atoms with Crippen LogP contribution in [0, 0.1) is 22.7 Å². The van der Waals surface area contributed by atoms with Crippen molar-refractivity contribution < 1.29 is 0 Å². The molecule has 7 aromatic carbocycles. The number of hydrogen-bond acceptors (Lipinski definition) is 2. The van der Waals surface area contributed by atoms with Crippen LogP contribution in [0.4, 0.5) is 0 Å². The van der Waals surface area contributed by atoms with Crippen molar-refractivity contribution in [3.05, 3.63) is 175 Å². The molecular formula is C44H27N3. The molecule has 47 heavy (non-hydrogen) atoms. The van der Waals surface area contributed by atoms with Crippen LogP contribution in [0.5, 0.6) is 0 Å². The molecule has 0 amide bonds. The van der Waals surface area contributed by atoms with Crippen LogP contribution >= 0.6 is 0 Å². The molecule has 0 radical (unpaired) electrons. The van der Waals surface area contributed by atoms with E-state index in [9.17, 15) is 10.5 Å². The van der Waals surface area contributed by atoms with Gasteiger partial charge in [0.05, 0.1) is 27.8 Å². The van der Waals surface area contributed by atoms with Crippen molar-refractivity contribution in [2.45, 2.75) is 0 Å². The average molecular weight is 598 g/mol. The first kappa shape index (κ1) is 27.8. The van der Waals surface area contributed by atoms with Crippen LogP contribution in [-0.4, -0.2) is 4.57 Å². The van der Waals surface area contributed by atoms with Gasteiger partial charge in [-0.05, 0) is 63.7 Å². The van der Waals surface area contributed by atoms with Gasteiger partial charge in [0.1, 0.15) is 12.1 Å². The van der Waals surface area contributed by atoms with Gasteiger partial charge >= 0.3 is 0 Å². The van der Waals surface area contributed by atoms with Crippen molar-refractivity contribution in [2.75, 3.05) is 0 Å². The Morgan fingerprint density at radius 1 is 0.362 bits per heavy atom. The summed E-state index contributed by atoms with van der Waals surface area (Å²) in [6.45, 7) is 0. The lowest BCUT2D eigenvalue weighted by molar-refractivity contribution is 1.16. The Bertz CT molecular complexity index is 2330. The highest BCUT2D eigenvalue weighted by molar-refractivity contribution is 6.12. The summed E-state index contributed by atoms with van der Waals surface area (Å²) in [5.74, 6) is 0. The number of aromatic nitrogens is 1. The van der Waals surface area contributed by atoms with E-state index in [0.29, 0.717) is 16.8 Å². The summed E-state index contributed by atoms with van der Waals surface area (Å²) in [5, 5.41) is 23.9. The van der Waals surface area contributed by atoms with E-state index >= 15 is 0 Å². The van der Waals surface area contributed by atoms with Gasteiger partial charge in [-0.2, -0.15) is 10.5 Å². The van der Waals surface area contributed by atoms with Crippen molar-refractivity contribution in [2.24, 2.45) is 0 Å². The van der Waals surface area contributed by atoms with Crippen LogP contribution < -0.4 is 0 Å². The lowest BCUT2D eigenvalue weighted by atomic mass is 9.89. The average Bonchev–Trinajstić information content (AvgIpc) is 3.48. The molecule has 218 valence electrons. The van der Waals surface area contributed by atoms with Gasteiger partial charge in [0.25, 0.3) is 0 Å². The topological polar surface area (TPSA) is 52.5 Å². The summed E-state index contributed by atoms with van der Waals surface area (Å²) in [7, 11) is 0. The van der Waals surface area contributed by atoms with Crippen LogP contribution in [0.1, 0.15) is 11.1 Å². The van der Waals surface area contributed by atoms with E-state index in [-0.39, 0.29) is 0 Å². The van der Waals surface area contributed by atoms with E-state index in [1.54, 1.807) is 0 Å². The third-order valence-corrected chi connectivity index (χ3v) is 8.90. The summed E-state index contributed by atoms with van der Waals surface area (Å²) < 4.78 is 2.13. The largest absolute Gasteiger partial charge is 0.307 e. The number of fused-ring (bicyclic) bond motifs is 3. The Hall–Kier alpha value is -6.68. The molecule has 0 bridgehead atoms. The van der Waals surface area contributed by atoms with Crippen molar-refractivity contribution >= 4 is 21.8 Å². The van der Waals surface area contributed by atoms with Crippen LogP contribution in [0.2, 0.25) is 0 Å². The molecule has 0 saturated heterocycles. The van der Waals surface area contributed by atoms with Gasteiger partial charge in [-0.25, -0.2) is 0 Å². The summed E-state index contributed by atoms with van der Waals surface area (Å²) in [6.07, 6.45) is 0. The fourth-order valence-electron chi connectivity index (χ4n) is 6.69. The van der Waals surface area contributed by atoms with E-state index in [0.717, 1.165) is 66.3 Å². The molecule has 0 unspecified atom stereocenters. The van der Waals surface area contributed by atoms with Crippen molar-refractivity contribution in [1.82, 2.24) is 4.57 Å². The van der Waals surface area contributed by atoms with Gasteiger partial charge in [0.2, 0.25) is 0 Å². The second kappa shape index (κ2) is 11.7.